The van der Waals surface area contributed by atoms with Crippen LogP contribution in [0.3, 0.4) is 0 Å². The Kier molecular flexibility index (Phi) is 4.47. The highest BCUT2D eigenvalue weighted by Crippen LogP contribution is 2.33. The summed E-state index contributed by atoms with van der Waals surface area (Å²) < 4.78 is 7.45. The van der Waals surface area contributed by atoms with E-state index < -0.39 is 0 Å². The number of nitrogens with zero attached hydrogens (tertiary/aromatic N) is 3. The minimum atomic E-state index is -0.108. The molecular formula is C19H28N4O2. The van der Waals surface area contributed by atoms with E-state index in [4.69, 9.17) is 4.52 Å². The SMILES string of the molecule is Cc1noc(C(C)C)c1C(=O)NC1CCCc2c1cnn2C(C)(C)C. The Labute approximate surface area is 149 Å². The van der Waals surface area contributed by atoms with Crippen LogP contribution in [0.5, 0.6) is 0 Å². The average molecular weight is 344 g/mol. The summed E-state index contributed by atoms with van der Waals surface area (Å²) in [5, 5.41) is 11.8. The zero-order valence-electron chi connectivity index (χ0n) is 16.0. The molecule has 25 heavy (non-hydrogen) atoms. The Balaban J connectivity index is 1.88. The number of aromatic nitrogens is 3. The molecule has 136 valence electrons. The zero-order chi connectivity index (χ0) is 18.4. The second-order valence-electron chi connectivity index (χ2n) is 8.21. The lowest BCUT2D eigenvalue weighted by Crippen LogP contribution is -2.33. The standard InChI is InChI=1S/C19H28N4O2/c1-11(2)17-16(12(3)22-25-17)18(24)21-14-8-7-9-15-13(14)10-20-23(15)19(4,5)6/h10-11,14H,7-9H2,1-6H3,(H,21,24). The van der Waals surface area contributed by atoms with Crippen LogP contribution in [0.2, 0.25) is 0 Å². The van der Waals surface area contributed by atoms with Gasteiger partial charge >= 0.3 is 0 Å². The number of rotatable bonds is 3. The van der Waals surface area contributed by atoms with Gasteiger partial charge in [0.25, 0.3) is 5.91 Å². The fraction of sp³-hybridized carbons (Fsp3) is 0.632. The molecule has 6 heteroatoms. The van der Waals surface area contributed by atoms with Crippen molar-refractivity contribution in [1.29, 1.82) is 0 Å². The first-order valence-corrected chi connectivity index (χ1v) is 9.04. The molecule has 0 aromatic carbocycles. The molecule has 1 unspecified atom stereocenters. The van der Waals surface area contributed by atoms with E-state index in [2.05, 4.69) is 41.0 Å². The van der Waals surface area contributed by atoms with Crippen LogP contribution in [0.1, 0.15) is 92.5 Å². The van der Waals surface area contributed by atoms with E-state index in [1.165, 1.54) is 5.69 Å². The monoisotopic (exact) mass is 344 g/mol. The molecular weight excluding hydrogens is 316 g/mol. The predicted molar refractivity (Wildman–Crippen MR) is 95.7 cm³/mol. The summed E-state index contributed by atoms with van der Waals surface area (Å²) in [6, 6.07) is -0.0123. The highest BCUT2D eigenvalue weighted by Gasteiger charge is 2.31. The molecule has 1 atom stereocenters. The van der Waals surface area contributed by atoms with Gasteiger partial charge in [-0.25, -0.2) is 0 Å². The van der Waals surface area contributed by atoms with Crippen molar-refractivity contribution < 1.29 is 9.32 Å². The summed E-state index contributed by atoms with van der Waals surface area (Å²) in [5.41, 5.74) is 3.52. The number of carbonyl (C=O) groups is 1. The quantitative estimate of drug-likeness (QED) is 0.917. The van der Waals surface area contributed by atoms with Crippen molar-refractivity contribution in [1.82, 2.24) is 20.3 Å². The molecule has 1 N–H and O–H groups in total. The van der Waals surface area contributed by atoms with Gasteiger partial charge in [-0.15, -0.1) is 0 Å². The molecule has 0 spiro atoms. The maximum atomic E-state index is 12.9. The summed E-state index contributed by atoms with van der Waals surface area (Å²) in [4.78, 5) is 12.9. The Hall–Kier alpha value is -2.11. The molecule has 0 saturated heterocycles. The van der Waals surface area contributed by atoms with Gasteiger partial charge in [-0.2, -0.15) is 5.10 Å². The molecule has 6 nitrogen and oxygen atoms in total. The van der Waals surface area contributed by atoms with Crippen molar-refractivity contribution in [2.75, 3.05) is 0 Å². The maximum absolute atomic E-state index is 12.9. The average Bonchev–Trinajstić information content (AvgIpc) is 3.10. The minimum Gasteiger partial charge on any atom is -0.360 e. The third-order valence-electron chi connectivity index (χ3n) is 4.76. The lowest BCUT2D eigenvalue weighted by molar-refractivity contribution is 0.0929. The highest BCUT2D eigenvalue weighted by atomic mass is 16.5. The third kappa shape index (κ3) is 3.22. The second kappa shape index (κ2) is 6.32. The van der Waals surface area contributed by atoms with Crippen LogP contribution in [-0.2, 0) is 12.0 Å². The van der Waals surface area contributed by atoms with E-state index in [1.54, 1.807) is 0 Å². The summed E-state index contributed by atoms with van der Waals surface area (Å²) in [6.07, 6.45) is 4.88. The Bertz CT molecular complexity index is 780. The number of aryl methyl sites for hydroxylation is 1. The molecule has 0 radical (unpaired) electrons. The molecule has 2 aromatic rings. The Morgan fingerprint density at radius 1 is 1.40 bits per heavy atom. The van der Waals surface area contributed by atoms with E-state index in [9.17, 15) is 4.79 Å². The van der Waals surface area contributed by atoms with Crippen molar-refractivity contribution in [2.24, 2.45) is 0 Å². The van der Waals surface area contributed by atoms with Gasteiger partial charge in [0, 0.05) is 17.2 Å². The lowest BCUT2D eigenvalue weighted by Gasteiger charge is -2.28. The number of amides is 1. The molecule has 1 amide bonds. The Morgan fingerprint density at radius 2 is 2.12 bits per heavy atom. The molecule has 2 heterocycles. The van der Waals surface area contributed by atoms with Gasteiger partial charge in [-0.1, -0.05) is 19.0 Å². The summed E-state index contributed by atoms with van der Waals surface area (Å²) in [6.45, 7) is 12.3. The van der Waals surface area contributed by atoms with Gasteiger partial charge in [0.05, 0.1) is 23.5 Å². The van der Waals surface area contributed by atoms with Crippen LogP contribution in [0.25, 0.3) is 0 Å². The molecule has 1 aliphatic rings. The minimum absolute atomic E-state index is 0.0123. The summed E-state index contributed by atoms with van der Waals surface area (Å²) >= 11 is 0. The summed E-state index contributed by atoms with van der Waals surface area (Å²) in [5.74, 6) is 0.660. The first-order chi connectivity index (χ1) is 11.7. The van der Waals surface area contributed by atoms with Gasteiger partial charge in [0.15, 0.2) is 5.76 Å². The van der Waals surface area contributed by atoms with Crippen LogP contribution in [0.4, 0.5) is 0 Å². The smallest absolute Gasteiger partial charge is 0.257 e. The zero-order valence-corrected chi connectivity index (χ0v) is 16.0. The first-order valence-electron chi connectivity index (χ1n) is 9.04. The van der Waals surface area contributed by atoms with Crippen LogP contribution in [0, 0.1) is 6.92 Å². The molecule has 0 bridgehead atoms. The fourth-order valence-corrected chi connectivity index (χ4v) is 3.57. The van der Waals surface area contributed by atoms with Gasteiger partial charge in [-0.3, -0.25) is 9.48 Å². The van der Waals surface area contributed by atoms with E-state index in [1.807, 2.05) is 27.0 Å². The molecule has 0 saturated carbocycles. The largest absolute Gasteiger partial charge is 0.360 e. The van der Waals surface area contributed by atoms with Crippen molar-refractivity contribution in [3.8, 4) is 0 Å². The van der Waals surface area contributed by atoms with Crippen LogP contribution in [-0.4, -0.2) is 20.8 Å². The molecule has 0 fully saturated rings. The van der Waals surface area contributed by atoms with Crippen molar-refractivity contribution >= 4 is 5.91 Å². The second-order valence-corrected chi connectivity index (χ2v) is 8.21. The van der Waals surface area contributed by atoms with Gasteiger partial charge < -0.3 is 9.84 Å². The van der Waals surface area contributed by atoms with Crippen LogP contribution < -0.4 is 5.32 Å². The maximum Gasteiger partial charge on any atom is 0.257 e. The van der Waals surface area contributed by atoms with Crippen LogP contribution in [0.15, 0.2) is 10.7 Å². The molecule has 0 aliphatic heterocycles. The first kappa shape index (κ1) is 17.7. The van der Waals surface area contributed by atoms with E-state index in [0.717, 1.165) is 24.8 Å². The number of carbonyl (C=O) groups excluding carboxylic acids is 1. The number of fused-ring (bicyclic) bond motifs is 1. The van der Waals surface area contributed by atoms with Crippen molar-refractivity contribution in [2.45, 2.75) is 78.3 Å². The van der Waals surface area contributed by atoms with E-state index in [-0.39, 0.29) is 23.4 Å². The number of hydrogen-bond donors (Lipinski definition) is 1. The Morgan fingerprint density at radius 3 is 2.76 bits per heavy atom. The topological polar surface area (TPSA) is 73.0 Å². The van der Waals surface area contributed by atoms with Crippen molar-refractivity contribution in [3.63, 3.8) is 0 Å². The predicted octanol–water partition coefficient (Wildman–Crippen LogP) is 3.87. The van der Waals surface area contributed by atoms with Crippen molar-refractivity contribution in [3.05, 3.63) is 34.5 Å². The van der Waals surface area contributed by atoms with Gasteiger partial charge in [0.1, 0.15) is 5.56 Å². The van der Waals surface area contributed by atoms with E-state index in [0.29, 0.717) is 17.0 Å². The normalized spacial score (nSPS) is 17.6. The summed E-state index contributed by atoms with van der Waals surface area (Å²) in [7, 11) is 0. The highest BCUT2D eigenvalue weighted by molar-refractivity contribution is 5.96. The lowest BCUT2D eigenvalue weighted by atomic mass is 9.91. The van der Waals surface area contributed by atoms with Crippen LogP contribution >= 0.6 is 0 Å². The molecule has 1 aliphatic carbocycles. The van der Waals surface area contributed by atoms with Gasteiger partial charge in [0.2, 0.25) is 0 Å². The molecule has 3 rings (SSSR count). The number of nitrogens with one attached hydrogen (secondary N) is 1. The van der Waals surface area contributed by atoms with Gasteiger partial charge in [-0.05, 0) is 47.0 Å². The molecule has 2 aromatic heterocycles. The number of hydrogen-bond acceptors (Lipinski definition) is 4. The fourth-order valence-electron chi connectivity index (χ4n) is 3.57. The van der Waals surface area contributed by atoms with E-state index >= 15 is 0 Å². The third-order valence-corrected chi connectivity index (χ3v) is 4.76.